The van der Waals surface area contributed by atoms with Crippen LogP contribution in [0.4, 0.5) is 111 Å². The van der Waals surface area contributed by atoms with Crippen LogP contribution in [-0.4, -0.2) is 42.8 Å². The van der Waals surface area contributed by atoms with Gasteiger partial charge in [-0.25, -0.2) is 4.99 Å². The minimum atomic E-state index is -6.13. The zero-order valence-corrected chi connectivity index (χ0v) is 56.1. The Bertz CT molecular complexity index is 3190. The van der Waals surface area contributed by atoms with E-state index in [4.69, 9.17) is 9.73 Å². The predicted octanol–water partition coefficient (Wildman–Crippen LogP) is 20.3. The minimum absolute atomic E-state index is 0. The molecule has 5 fully saturated rings. The van der Waals surface area contributed by atoms with E-state index in [0.29, 0.717) is 23.8 Å². The molecule has 549 valence electrons. The first-order valence-electron chi connectivity index (χ1n) is 31.9. The van der Waals surface area contributed by atoms with Gasteiger partial charge in [-0.3, -0.25) is 0 Å². The molecule has 30 heteroatoms. The average molecular weight is 1630 g/mol. The van der Waals surface area contributed by atoms with Crippen LogP contribution in [0.5, 0.6) is 0 Å². The Morgan fingerprint density at radius 2 is 0.730 bits per heavy atom. The number of aliphatic imine (C=N–C) groups is 1. The topological polar surface area (TPSA) is 28.1 Å². The van der Waals surface area contributed by atoms with E-state index in [-0.39, 0.29) is 20.1 Å². The van der Waals surface area contributed by atoms with Gasteiger partial charge in [0, 0.05) is 50.7 Å². The van der Waals surface area contributed by atoms with Gasteiger partial charge in [0.05, 0.1) is 57.2 Å². The quantitative estimate of drug-likeness (QED) is 0.0975. The molecule has 7 aliphatic rings. The van der Waals surface area contributed by atoms with Crippen LogP contribution in [-0.2, 0) is 74.3 Å². The molecule has 2 heterocycles. The van der Waals surface area contributed by atoms with Crippen molar-refractivity contribution in [1.82, 2.24) is 4.90 Å². The molecule has 100 heavy (non-hydrogen) atoms. The molecule has 0 saturated heterocycles. The Hall–Kier alpha value is -6.06. The number of ether oxygens (including phenoxy) is 1. The van der Waals surface area contributed by atoms with E-state index in [9.17, 15) is 105 Å². The number of anilines is 1. The third-order valence-electron chi connectivity index (χ3n) is 19.2. The van der Waals surface area contributed by atoms with Gasteiger partial charge in [0.2, 0.25) is 0 Å². The molecule has 1 atom stereocenters. The first-order valence-corrected chi connectivity index (χ1v) is 31.9. The van der Waals surface area contributed by atoms with Gasteiger partial charge in [0.25, 0.3) is 0 Å². The van der Waals surface area contributed by atoms with Crippen LogP contribution in [0.3, 0.4) is 0 Å². The maximum atomic E-state index is 14.2. The Morgan fingerprint density at radius 1 is 0.430 bits per heavy atom. The summed E-state index contributed by atoms with van der Waals surface area (Å²) in [6.45, 7) is 12.0. The van der Waals surface area contributed by atoms with E-state index in [1.165, 1.54) is 74.6 Å². The SMILES string of the molecule is CC(C)c1cccc(C(C)C)c1N1C=CN(CC[C@@H]2COC(C3C4CC5CC(C4)CC3C5)=N2)C1.FC(F)(F)c1cc([B-](c2cc(C(F)(F)F)cc(C(F)(F)F)c2)(c2cc(C(F)(F)F)cc(C(F)(F)F)c2)c2cc(C(F)(F)F)cc(C(F)(F)F)c2)cc(C(F)(F)F)c1.[CH]1[CH]CC[CH][CH]CC1.[Ir]. The van der Waals surface area contributed by atoms with Gasteiger partial charge in [-0.05, 0) is 161 Å². The zero-order chi connectivity index (χ0) is 73.0. The Balaban J connectivity index is 0.000000246. The van der Waals surface area contributed by atoms with E-state index < -0.39 is 195 Å². The van der Waals surface area contributed by atoms with E-state index in [0.717, 1.165) is 55.8 Å². The zero-order valence-electron chi connectivity index (χ0n) is 53.7. The first kappa shape index (κ1) is 79.6. The maximum absolute atomic E-state index is 14.2. The maximum Gasteiger partial charge on any atom is 0.416 e. The van der Waals surface area contributed by atoms with Gasteiger partial charge in [-0.15, -0.1) is 0 Å². The van der Waals surface area contributed by atoms with Crippen molar-refractivity contribution in [2.24, 2.45) is 34.6 Å². The average Bonchev–Trinajstić information content (AvgIpc) is 0.814. The van der Waals surface area contributed by atoms with Gasteiger partial charge in [-0.1, -0.05) is 94.4 Å². The number of alkyl halides is 24. The molecule has 12 rings (SSSR count). The van der Waals surface area contributed by atoms with Crippen LogP contribution in [0, 0.1) is 55.3 Å². The summed E-state index contributed by atoms with van der Waals surface area (Å²) in [6.07, 6.45) is -27.9. The van der Waals surface area contributed by atoms with Crippen LogP contribution in [0.2, 0.25) is 0 Å². The van der Waals surface area contributed by atoms with E-state index in [1.54, 1.807) is 0 Å². The second kappa shape index (κ2) is 30.0. The molecule has 5 aliphatic carbocycles. The Kier molecular flexibility index (Phi) is 23.9. The van der Waals surface area contributed by atoms with Crippen molar-refractivity contribution >= 4 is 39.6 Å². The first-order chi connectivity index (χ1) is 45.7. The number of nitrogens with zero attached hydrogens (tertiary/aromatic N) is 3. The molecule has 0 N–H and O–H groups in total. The van der Waals surface area contributed by atoms with Gasteiger partial charge in [0.15, 0.2) is 5.90 Å². The minimum Gasteiger partial charge on any atom is -0.478 e. The van der Waals surface area contributed by atoms with E-state index >= 15 is 0 Å². The van der Waals surface area contributed by atoms with E-state index in [2.05, 4.69) is 93.8 Å². The van der Waals surface area contributed by atoms with Gasteiger partial charge < -0.3 is 14.5 Å². The third kappa shape index (κ3) is 18.5. The van der Waals surface area contributed by atoms with Crippen molar-refractivity contribution < 1.29 is 130 Å². The standard InChI is InChI=1S/C32H12BF24.C30H43N3O.C8H12.Ir/c34-25(35,36)13-1-14(26(37,38)39)6-21(5-13)33(22-7-15(27(40,41)42)2-16(8-22)28(43,44)45,23-9-17(29(46,47)48)3-18(10-23)30(49,50)51)24-11-19(31(52,53)54)4-20(12-24)32(55,56)57;1-19(2)26-6-5-7-27(20(3)4)29(26)33-11-10-32(18-33)9-8-25-17-34-30(31-25)28-23-13-21-12-22(15-23)16-24(28)14-21;1-2-4-6-8-7-5-3-1;/h1-12H;5-7,10-11,19-25,28H,8-9,12-18H2,1-4H3;1-2,7-8H,3-6H2;/q-1;;;/t;21?,22?,23?,24?,25-,28?;;/m.1../s1. The van der Waals surface area contributed by atoms with Gasteiger partial charge >= 0.3 is 49.4 Å². The number of halogens is 24. The van der Waals surface area contributed by atoms with Crippen LogP contribution in [0.15, 0.2) is 108 Å². The second-order valence-electron chi connectivity index (χ2n) is 26.8. The number of rotatable bonds is 11. The molecule has 0 aromatic heterocycles. The van der Waals surface area contributed by atoms with Crippen LogP contribution in [0.1, 0.15) is 159 Å². The summed E-state index contributed by atoms with van der Waals surface area (Å²) in [4.78, 5) is 10.1. The summed E-state index contributed by atoms with van der Waals surface area (Å²) < 4.78 is 347. The Labute approximate surface area is 575 Å². The molecule has 5 radical (unpaired) electrons. The molecular formula is C70H67BF24IrN3O-. The van der Waals surface area contributed by atoms with Crippen molar-refractivity contribution in [2.45, 2.75) is 159 Å². The fraction of sp³-hybridized carbons (Fsp3) is 0.471. The molecule has 2 aliphatic heterocycles. The van der Waals surface area contributed by atoms with E-state index in [1.807, 2.05) is 0 Å². The fourth-order valence-corrected chi connectivity index (χ4v) is 14.9. The van der Waals surface area contributed by atoms with Crippen molar-refractivity contribution in [3.8, 4) is 0 Å². The molecular weight excluding hydrogens is 1560 g/mol. The summed E-state index contributed by atoms with van der Waals surface area (Å²) >= 11 is 0. The molecule has 5 aromatic carbocycles. The van der Waals surface area contributed by atoms with Crippen LogP contribution in [0.25, 0.3) is 0 Å². The number of benzene rings is 5. The van der Waals surface area contributed by atoms with Crippen molar-refractivity contribution in [3.63, 3.8) is 0 Å². The Morgan fingerprint density at radius 3 is 1.01 bits per heavy atom. The summed E-state index contributed by atoms with van der Waals surface area (Å²) in [5.41, 5.74) is -25.9. The normalized spacial score (nSPS) is 21.6. The number of hydrogen-bond acceptors (Lipinski definition) is 4. The van der Waals surface area contributed by atoms with Crippen molar-refractivity contribution in [2.75, 3.05) is 24.7 Å². The van der Waals surface area contributed by atoms with Gasteiger partial charge in [0.1, 0.15) is 12.8 Å². The van der Waals surface area contributed by atoms with Crippen LogP contribution >= 0.6 is 0 Å². The van der Waals surface area contributed by atoms with Gasteiger partial charge in [-0.2, -0.15) is 127 Å². The molecule has 4 nitrogen and oxygen atoms in total. The summed E-state index contributed by atoms with van der Waals surface area (Å²) in [5, 5.41) is 0. The predicted molar refractivity (Wildman–Crippen MR) is 326 cm³/mol. The summed E-state index contributed by atoms with van der Waals surface area (Å²) in [6, 6.07) is -1.64. The molecule has 5 saturated carbocycles. The molecule has 0 unspecified atom stereocenters. The number of hydrogen-bond donors (Lipinski definition) is 0. The smallest absolute Gasteiger partial charge is 0.416 e. The molecule has 0 amide bonds. The monoisotopic (exact) mass is 1630 g/mol. The number of para-hydroxylation sites is 1. The second-order valence-corrected chi connectivity index (χ2v) is 26.8. The molecule has 4 bridgehead atoms. The summed E-state index contributed by atoms with van der Waals surface area (Å²) in [7, 11) is 0. The largest absolute Gasteiger partial charge is 0.478 e. The fourth-order valence-electron chi connectivity index (χ4n) is 14.9. The summed E-state index contributed by atoms with van der Waals surface area (Å²) in [5.74, 6) is 6.57. The van der Waals surface area contributed by atoms with Crippen LogP contribution < -0.4 is 26.8 Å². The molecule has 0 spiro atoms. The van der Waals surface area contributed by atoms with Crippen molar-refractivity contribution in [1.29, 1.82) is 0 Å². The van der Waals surface area contributed by atoms with Crippen molar-refractivity contribution in [3.05, 3.63) is 185 Å². The molecule has 5 aromatic rings. The third-order valence-corrected chi connectivity index (χ3v) is 19.2.